The molecule has 1 heterocycles. The smallest absolute Gasteiger partial charge is 0.336 e. The number of nitrogens with one attached hydrogen (secondary N) is 2. The zero-order chi connectivity index (χ0) is 19.4. The lowest BCUT2D eigenvalue weighted by Gasteiger charge is -2.09. The predicted molar refractivity (Wildman–Crippen MR) is 104 cm³/mol. The zero-order valence-corrected chi connectivity index (χ0v) is 15.2. The van der Waals surface area contributed by atoms with Crippen molar-refractivity contribution in [1.29, 1.82) is 0 Å². The molecular formula is C21H20N2O4. The maximum Gasteiger partial charge on any atom is 0.336 e. The summed E-state index contributed by atoms with van der Waals surface area (Å²) in [6, 6.07) is 13.9. The first-order valence-corrected chi connectivity index (χ1v) is 8.62. The van der Waals surface area contributed by atoms with Gasteiger partial charge in [0, 0.05) is 41.7 Å². The monoisotopic (exact) mass is 364 g/mol. The summed E-state index contributed by atoms with van der Waals surface area (Å²) in [7, 11) is 0. The first-order valence-electron chi connectivity index (χ1n) is 8.62. The Hall–Kier alpha value is -3.41. The summed E-state index contributed by atoms with van der Waals surface area (Å²) in [5, 5.41) is 6.30. The predicted octanol–water partition coefficient (Wildman–Crippen LogP) is 3.17. The second kappa shape index (κ2) is 7.86. The Morgan fingerprint density at radius 2 is 1.78 bits per heavy atom. The number of benzene rings is 2. The van der Waals surface area contributed by atoms with E-state index in [9.17, 15) is 14.4 Å². The Labute approximate surface area is 156 Å². The molecule has 6 heteroatoms. The molecule has 138 valence electrons. The molecule has 3 rings (SSSR count). The first kappa shape index (κ1) is 18.4. The van der Waals surface area contributed by atoms with Gasteiger partial charge >= 0.3 is 5.63 Å². The molecule has 2 amide bonds. The number of rotatable bonds is 5. The van der Waals surface area contributed by atoms with Crippen LogP contribution in [-0.4, -0.2) is 18.4 Å². The largest absolute Gasteiger partial charge is 0.423 e. The van der Waals surface area contributed by atoms with Crippen LogP contribution in [0.4, 0.5) is 5.69 Å². The molecule has 0 aliphatic rings. The van der Waals surface area contributed by atoms with Crippen LogP contribution in [-0.2, 0) is 4.79 Å². The number of hydrogen-bond acceptors (Lipinski definition) is 4. The van der Waals surface area contributed by atoms with Crippen molar-refractivity contribution in [2.75, 3.05) is 11.9 Å². The number of amides is 2. The van der Waals surface area contributed by atoms with Crippen molar-refractivity contribution in [3.63, 3.8) is 0 Å². The highest BCUT2D eigenvalue weighted by Crippen LogP contribution is 2.20. The summed E-state index contributed by atoms with van der Waals surface area (Å²) < 4.78 is 5.17. The number of carbonyl (C=O) groups excluding carboxylic acids is 2. The minimum atomic E-state index is -0.428. The van der Waals surface area contributed by atoms with E-state index in [4.69, 9.17) is 4.42 Å². The summed E-state index contributed by atoms with van der Waals surface area (Å²) >= 11 is 0. The van der Waals surface area contributed by atoms with Crippen LogP contribution in [0.5, 0.6) is 0 Å². The van der Waals surface area contributed by atoms with Gasteiger partial charge in [-0.3, -0.25) is 9.59 Å². The molecule has 3 aromatic rings. The van der Waals surface area contributed by atoms with Crippen molar-refractivity contribution in [1.82, 2.24) is 5.32 Å². The van der Waals surface area contributed by atoms with Crippen molar-refractivity contribution in [3.05, 3.63) is 75.6 Å². The molecule has 2 aromatic carbocycles. The number of fused-ring (bicyclic) bond motifs is 1. The van der Waals surface area contributed by atoms with E-state index >= 15 is 0 Å². The molecule has 2 N–H and O–H groups in total. The fraction of sp³-hybridized carbons (Fsp3) is 0.190. The highest BCUT2D eigenvalue weighted by molar-refractivity contribution is 5.97. The van der Waals surface area contributed by atoms with Gasteiger partial charge in [0.15, 0.2) is 0 Å². The Morgan fingerprint density at radius 3 is 2.56 bits per heavy atom. The molecule has 0 spiro atoms. The van der Waals surface area contributed by atoms with Crippen molar-refractivity contribution in [2.24, 2.45) is 0 Å². The summed E-state index contributed by atoms with van der Waals surface area (Å²) in [5.41, 5.74) is 2.82. The Morgan fingerprint density at radius 1 is 1.00 bits per heavy atom. The fourth-order valence-electron chi connectivity index (χ4n) is 2.84. The van der Waals surface area contributed by atoms with Crippen molar-refractivity contribution in [3.8, 4) is 0 Å². The molecule has 27 heavy (non-hydrogen) atoms. The number of hydrogen-bond donors (Lipinski definition) is 2. The molecule has 0 aliphatic heterocycles. The molecule has 0 radical (unpaired) electrons. The Balaban J connectivity index is 1.58. The van der Waals surface area contributed by atoms with Crippen molar-refractivity contribution < 1.29 is 14.0 Å². The molecular weight excluding hydrogens is 344 g/mol. The number of anilines is 1. The molecule has 6 nitrogen and oxygen atoms in total. The summed E-state index contributed by atoms with van der Waals surface area (Å²) in [6.07, 6.45) is 0.132. The second-order valence-electron chi connectivity index (χ2n) is 6.33. The molecule has 0 atom stereocenters. The number of carbonyl (C=O) groups is 2. The van der Waals surface area contributed by atoms with E-state index in [1.807, 2.05) is 26.0 Å². The van der Waals surface area contributed by atoms with Gasteiger partial charge in [-0.2, -0.15) is 0 Å². The van der Waals surface area contributed by atoms with Crippen LogP contribution in [0.3, 0.4) is 0 Å². The van der Waals surface area contributed by atoms with Crippen LogP contribution in [0.1, 0.15) is 27.9 Å². The molecule has 1 aromatic heterocycles. The van der Waals surface area contributed by atoms with E-state index < -0.39 is 5.63 Å². The third kappa shape index (κ3) is 4.41. The maximum absolute atomic E-state index is 12.1. The number of aryl methyl sites for hydroxylation is 2. The lowest BCUT2D eigenvalue weighted by atomic mass is 10.1. The average Bonchev–Trinajstić information content (AvgIpc) is 2.61. The first-order chi connectivity index (χ1) is 12.9. The van der Waals surface area contributed by atoms with E-state index in [2.05, 4.69) is 10.6 Å². The van der Waals surface area contributed by atoms with Gasteiger partial charge in [0.05, 0.1) is 0 Å². The quantitative estimate of drug-likeness (QED) is 0.681. The van der Waals surface area contributed by atoms with Crippen molar-refractivity contribution in [2.45, 2.75) is 20.3 Å². The lowest BCUT2D eigenvalue weighted by Crippen LogP contribution is -2.28. The normalized spacial score (nSPS) is 10.6. The van der Waals surface area contributed by atoms with E-state index in [0.29, 0.717) is 16.8 Å². The van der Waals surface area contributed by atoms with Crippen LogP contribution >= 0.6 is 0 Å². The maximum atomic E-state index is 12.1. The third-order valence-electron chi connectivity index (χ3n) is 4.26. The molecule has 0 fully saturated rings. The van der Waals surface area contributed by atoms with Gasteiger partial charge in [-0.1, -0.05) is 18.2 Å². The zero-order valence-electron chi connectivity index (χ0n) is 15.2. The molecule has 0 bridgehead atoms. The van der Waals surface area contributed by atoms with Crippen LogP contribution in [0.25, 0.3) is 11.0 Å². The van der Waals surface area contributed by atoms with Gasteiger partial charge in [0.1, 0.15) is 5.58 Å². The van der Waals surface area contributed by atoms with E-state index in [1.165, 1.54) is 6.07 Å². The van der Waals surface area contributed by atoms with Crippen LogP contribution < -0.4 is 16.3 Å². The summed E-state index contributed by atoms with van der Waals surface area (Å²) in [5.74, 6) is -0.446. The summed E-state index contributed by atoms with van der Waals surface area (Å²) in [6.45, 7) is 3.91. The Kier molecular flexibility index (Phi) is 5.35. The lowest BCUT2D eigenvalue weighted by molar-refractivity contribution is -0.116. The van der Waals surface area contributed by atoms with E-state index in [-0.39, 0.29) is 24.8 Å². The minimum Gasteiger partial charge on any atom is -0.423 e. The van der Waals surface area contributed by atoms with Gasteiger partial charge in [0.2, 0.25) is 5.91 Å². The van der Waals surface area contributed by atoms with Crippen LogP contribution in [0.2, 0.25) is 0 Å². The van der Waals surface area contributed by atoms with Gasteiger partial charge in [-0.25, -0.2) is 4.79 Å². The summed E-state index contributed by atoms with van der Waals surface area (Å²) in [4.78, 5) is 35.7. The highest BCUT2D eigenvalue weighted by Gasteiger charge is 2.10. The fourth-order valence-corrected chi connectivity index (χ4v) is 2.84. The molecule has 0 saturated heterocycles. The topological polar surface area (TPSA) is 88.4 Å². The minimum absolute atomic E-state index is 0.132. The molecule has 0 unspecified atom stereocenters. The van der Waals surface area contributed by atoms with E-state index in [0.717, 1.165) is 16.5 Å². The van der Waals surface area contributed by atoms with Gasteiger partial charge in [0.25, 0.3) is 5.91 Å². The van der Waals surface area contributed by atoms with Crippen LogP contribution in [0.15, 0.2) is 57.7 Å². The molecule has 0 saturated carbocycles. The van der Waals surface area contributed by atoms with Crippen LogP contribution in [0, 0.1) is 13.8 Å². The standard InChI is InChI=1S/C21H20N2O4/c1-13-5-3-4-6-17(13)21(26)22-10-9-19(24)23-15-7-8-16-14(2)11-20(25)27-18(16)12-15/h3-8,11-12H,9-10H2,1-2H3,(H,22,26)(H,23,24). The second-order valence-corrected chi connectivity index (χ2v) is 6.33. The van der Waals surface area contributed by atoms with Gasteiger partial charge in [-0.15, -0.1) is 0 Å². The van der Waals surface area contributed by atoms with Gasteiger partial charge < -0.3 is 15.1 Å². The average molecular weight is 364 g/mol. The molecule has 0 aliphatic carbocycles. The highest BCUT2D eigenvalue weighted by atomic mass is 16.4. The van der Waals surface area contributed by atoms with Gasteiger partial charge in [-0.05, 0) is 43.2 Å². The SMILES string of the molecule is Cc1ccccc1C(=O)NCCC(=O)Nc1ccc2c(C)cc(=O)oc2c1. The van der Waals surface area contributed by atoms with Crippen molar-refractivity contribution >= 4 is 28.5 Å². The third-order valence-corrected chi connectivity index (χ3v) is 4.26. The van der Waals surface area contributed by atoms with E-state index in [1.54, 1.807) is 30.3 Å². The Bertz CT molecular complexity index is 1070.